The van der Waals surface area contributed by atoms with E-state index in [-0.39, 0.29) is 18.6 Å². The van der Waals surface area contributed by atoms with Crippen molar-refractivity contribution < 1.29 is 9.32 Å². The lowest BCUT2D eigenvalue weighted by Crippen LogP contribution is -2.36. The van der Waals surface area contributed by atoms with Crippen molar-refractivity contribution in [2.75, 3.05) is 0 Å². The molecule has 20 heavy (non-hydrogen) atoms. The Morgan fingerprint density at radius 1 is 1.45 bits per heavy atom. The number of halogens is 1. The Labute approximate surface area is 125 Å². The van der Waals surface area contributed by atoms with E-state index >= 15 is 0 Å². The maximum Gasteiger partial charge on any atom is 0.315 e. The third kappa shape index (κ3) is 3.80. The number of carbonyl (C=O) groups is 1. The number of aryl methyl sites for hydroxylation is 1. The fourth-order valence-corrected chi connectivity index (χ4v) is 2.35. The van der Waals surface area contributed by atoms with Crippen LogP contribution in [0.2, 0.25) is 0 Å². The molecule has 2 N–H and O–H groups in total. The van der Waals surface area contributed by atoms with Gasteiger partial charge in [0.2, 0.25) is 5.89 Å². The van der Waals surface area contributed by atoms with E-state index in [1.807, 2.05) is 31.2 Å². The van der Waals surface area contributed by atoms with Crippen molar-refractivity contribution in [2.45, 2.75) is 26.4 Å². The van der Waals surface area contributed by atoms with Gasteiger partial charge in [-0.2, -0.15) is 4.98 Å². The lowest BCUT2D eigenvalue weighted by Gasteiger charge is -2.15. The van der Waals surface area contributed by atoms with Crippen LogP contribution in [-0.4, -0.2) is 16.2 Å². The molecular formula is C13H15BrN4O2. The standard InChI is InChI=1S/C13H15BrN4O2/c1-8(10-5-3-4-6-11(10)14)16-13(19)15-7-12-17-9(2)18-20-12/h3-6,8H,7H2,1-2H3,(H2,15,16,19)/t8-/m0/s1. The van der Waals surface area contributed by atoms with E-state index in [1.54, 1.807) is 6.92 Å². The summed E-state index contributed by atoms with van der Waals surface area (Å²) in [6.45, 7) is 3.84. The Bertz CT molecular complexity index is 600. The zero-order chi connectivity index (χ0) is 14.5. The first-order chi connectivity index (χ1) is 9.56. The van der Waals surface area contributed by atoms with Gasteiger partial charge in [0, 0.05) is 4.47 Å². The van der Waals surface area contributed by atoms with Gasteiger partial charge in [0.25, 0.3) is 0 Å². The second kappa shape index (κ2) is 6.51. The van der Waals surface area contributed by atoms with Crippen LogP contribution in [0.5, 0.6) is 0 Å². The molecule has 0 aliphatic rings. The number of nitrogens with one attached hydrogen (secondary N) is 2. The minimum Gasteiger partial charge on any atom is -0.337 e. The number of benzene rings is 1. The molecule has 0 radical (unpaired) electrons. The fraction of sp³-hybridized carbons (Fsp3) is 0.308. The zero-order valence-corrected chi connectivity index (χ0v) is 12.8. The first-order valence-corrected chi connectivity index (χ1v) is 6.93. The Balaban J connectivity index is 1.87. The van der Waals surface area contributed by atoms with Gasteiger partial charge >= 0.3 is 6.03 Å². The summed E-state index contributed by atoms with van der Waals surface area (Å²) < 4.78 is 5.87. The van der Waals surface area contributed by atoms with Gasteiger partial charge in [-0.25, -0.2) is 4.79 Å². The van der Waals surface area contributed by atoms with Crippen LogP contribution in [0.4, 0.5) is 4.79 Å². The normalized spacial score (nSPS) is 11.9. The molecule has 0 aliphatic carbocycles. The smallest absolute Gasteiger partial charge is 0.315 e. The number of rotatable bonds is 4. The summed E-state index contributed by atoms with van der Waals surface area (Å²) in [7, 11) is 0. The lowest BCUT2D eigenvalue weighted by atomic mass is 10.1. The topological polar surface area (TPSA) is 80.0 Å². The van der Waals surface area contributed by atoms with E-state index in [0.29, 0.717) is 11.7 Å². The summed E-state index contributed by atoms with van der Waals surface area (Å²) in [5.74, 6) is 0.926. The minimum atomic E-state index is -0.288. The van der Waals surface area contributed by atoms with Gasteiger partial charge in [0.15, 0.2) is 5.82 Å². The molecule has 7 heteroatoms. The zero-order valence-electron chi connectivity index (χ0n) is 11.2. The summed E-state index contributed by atoms with van der Waals surface area (Å²) in [4.78, 5) is 15.8. The van der Waals surface area contributed by atoms with Gasteiger partial charge in [0.05, 0.1) is 12.6 Å². The van der Waals surface area contributed by atoms with Crippen LogP contribution in [0.15, 0.2) is 33.3 Å². The molecule has 1 atom stereocenters. The molecule has 2 amide bonds. The van der Waals surface area contributed by atoms with E-state index in [0.717, 1.165) is 10.0 Å². The number of hydrogen-bond acceptors (Lipinski definition) is 4. The lowest BCUT2D eigenvalue weighted by molar-refractivity contribution is 0.235. The summed E-state index contributed by atoms with van der Waals surface area (Å²) in [6, 6.07) is 7.35. The largest absolute Gasteiger partial charge is 0.337 e. The number of nitrogens with zero attached hydrogens (tertiary/aromatic N) is 2. The summed E-state index contributed by atoms with van der Waals surface area (Å²) in [6.07, 6.45) is 0. The van der Waals surface area contributed by atoms with Crippen molar-refractivity contribution in [3.63, 3.8) is 0 Å². The molecule has 0 saturated heterocycles. The van der Waals surface area contributed by atoms with Gasteiger partial charge in [0.1, 0.15) is 0 Å². The van der Waals surface area contributed by atoms with Gasteiger partial charge in [-0.3, -0.25) is 0 Å². The number of aromatic nitrogens is 2. The summed E-state index contributed by atoms with van der Waals surface area (Å²) in [5.41, 5.74) is 1.01. The minimum absolute atomic E-state index is 0.116. The average molecular weight is 339 g/mol. The SMILES string of the molecule is Cc1noc(CNC(=O)N[C@@H](C)c2ccccc2Br)n1. The third-order valence-electron chi connectivity index (χ3n) is 2.69. The van der Waals surface area contributed by atoms with Crippen LogP contribution >= 0.6 is 15.9 Å². The molecule has 0 spiro atoms. The maximum absolute atomic E-state index is 11.8. The monoisotopic (exact) mass is 338 g/mol. The molecule has 0 fully saturated rings. The van der Waals surface area contributed by atoms with E-state index in [2.05, 4.69) is 36.7 Å². The quantitative estimate of drug-likeness (QED) is 0.898. The maximum atomic E-state index is 11.8. The molecule has 106 valence electrons. The Morgan fingerprint density at radius 2 is 2.20 bits per heavy atom. The van der Waals surface area contributed by atoms with E-state index in [4.69, 9.17) is 4.52 Å². The molecular weight excluding hydrogens is 324 g/mol. The van der Waals surface area contributed by atoms with E-state index < -0.39 is 0 Å². The molecule has 1 aromatic carbocycles. The molecule has 0 aliphatic heterocycles. The average Bonchev–Trinajstić information content (AvgIpc) is 2.82. The Hall–Kier alpha value is -1.89. The third-order valence-corrected chi connectivity index (χ3v) is 3.41. The molecule has 2 rings (SSSR count). The van der Waals surface area contributed by atoms with Gasteiger partial charge < -0.3 is 15.2 Å². The van der Waals surface area contributed by atoms with Crippen molar-refractivity contribution in [3.05, 3.63) is 46.0 Å². The Morgan fingerprint density at radius 3 is 2.85 bits per heavy atom. The molecule has 0 saturated carbocycles. The fourth-order valence-electron chi connectivity index (χ4n) is 1.72. The van der Waals surface area contributed by atoms with Crippen molar-refractivity contribution in [1.29, 1.82) is 0 Å². The molecule has 6 nitrogen and oxygen atoms in total. The first kappa shape index (κ1) is 14.5. The summed E-state index contributed by atoms with van der Waals surface area (Å²) >= 11 is 3.46. The van der Waals surface area contributed by atoms with Gasteiger partial charge in [-0.15, -0.1) is 0 Å². The van der Waals surface area contributed by atoms with Crippen molar-refractivity contribution in [1.82, 2.24) is 20.8 Å². The second-order valence-corrected chi connectivity index (χ2v) is 5.16. The molecule has 0 unspecified atom stereocenters. The number of hydrogen-bond donors (Lipinski definition) is 2. The van der Waals surface area contributed by atoms with Crippen LogP contribution < -0.4 is 10.6 Å². The molecule has 1 heterocycles. The highest BCUT2D eigenvalue weighted by atomic mass is 79.9. The van der Waals surface area contributed by atoms with Gasteiger partial charge in [-0.05, 0) is 25.5 Å². The van der Waals surface area contributed by atoms with Crippen molar-refractivity contribution in [2.24, 2.45) is 0 Å². The number of carbonyl (C=O) groups excluding carboxylic acids is 1. The van der Waals surface area contributed by atoms with Gasteiger partial charge in [-0.1, -0.05) is 39.3 Å². The highest BCUT2D eigenvalue weighted by molar-refractivity contribution is 9.10. The second-order valence-electron chi connectivity index (χ2n) is 4.31. The predicted octanol–water partition coefficient (Wildman–Crippen LogP) is 2.70. The van der Waals surface area contributed by atoms with E-state index in [1.165, 1.54) is 0 Å². The van der Waals surface area contributed by atoms with Crippen LogP contribution in [0.25, 0.3) is 0 Å². The van der Waals surface area contributed by atoms with Crippen LogP contribution in [0, 0.1) is 6.92 Å². The highest BCUT2D eigenvalue weighted by Crippen LogP contribution is 2.22. The number of amides is 2. The van der Waals surface area contributed by atoms with Crippen LogP contribution in [0.3, 0.4) is 0 Å². The molecule has 1 aromatic heterocycles. The van der Waals surface area contributed by atoms with Crippen LogP contribution in [-0.2, 0) is 6.54 Å². The van der Waals surface area contributed by atoms with Crippen LogP contribution in [0.1, 0.15) is 30.2 Å². The highest BCUT2D eigenvalue weighted by Gasteiger charge is 2.12. The molecule has 2 aromatic rings. The number of urea groups is 1. The van der Waals surface area contributed by atoms with Crippen molar-refractivity contribution in [3.8, 4) is 0 Å². The van der Waals surface area contributed by atoms with Crippen molar-refractivity contribution >= 4 is 22.0 Å². The Kier molecular flexibility index (Phi) is 4.73. The molecule has 0 bridgehead atoms. The first-order valence-electron chi connectivity index (χ1n) is 6.14. The van der Waals surface area contributed by atoms with E-state index in [9.17, 15) is 4.79 Å². The predicted molar refractivity (Wildman–Crippen MR) is 77.0 cm³/mol. The summed E-state index contributed by atoms with van der Waals surface area (Å²) in [5, 5.41) is 9.17.